The molecule has 1 aliphatic heterocycles. The van der Waals surface area contributed by atoms with E-state index in [9.17, 15) is 24.5 Å². The van der Waals surface area contributed by atoms with Gasteiger partial charge >= 0.3 is 5.97 Å². The summed E-state index contributed by atoms with van der Waals surface area (Å²) < 4.78 is 5.61. The third kappa shape index (κ3) is 3.24. The first-order chi connectivity index (χ1) is 14.3. The van der Waals surface area contributed by atoms with Crippen molar-refractivity contribution in [2.24, 2.45) is 0 Å². The van der Waals surface area contributed by atoms with Crippen LogP contribution in [0, 0.1) is 10.1 Å². The number of non-ortho nitro benzene ring substituents is 1. The van der Waals surface area contributed by atoms with Gasteiger partial charge in [0.1, 0.15) is 11.5 Å². The summed E-state index contributed by atoms with van der Waals surface area (Å²) in [5, 5.41) is 19.8. The van der Waals surface area contributed by atoms with E-state index in [0.717, 1.165) is 4.90 Å². The second-order valence-corrected chi connectivity index (χ2v) is 6.36. The summed E-state index contributed by atoms with van der Waals surface area (Å²) in [5.41, 5.74) is 0.328. The lowest BCUT2D eigenvalue weighted by Gasteiger charge is -2.14. The average Bonchev–Trinajstić information content (AvgIpc) is 2.99. The number of carbonyl (C=O) groups excluding carboxylic acids is 2. The number of rotatable bonds is 5. The van der Waals surface area contributed by atoms with E-state index < -0.39 is 22.7 Å². The Balaban J connectivity index is 1.55. The molecule has 0 radical (unpaired) electrons. The van der Waals surface area contributed by atoms with Crippen LogP contribution in [0.3, 0.4) is 0 Å². The number of amides is 2. The zero-order valence-electron chi connectivity index (χ0n) is 15.1. The maximum Gasteiger partial charge on any atom is 0.335 e. The largest absolute Gasteiger partial charge is 0.478 e. The van der Waals surface area contributed by atoms with E-state index in [2.05, 4.69) is 0 Å². The number of aromatic carboxylic acids is 1. The van der Waals surface area contributed by atoms with Crippen molar-refractivity contribution in [3.63, 3.8) is 0 Å². The summed E-state index contributed by atoms with van der Waals surface area (Å²) in [6.07, 6.45) is 0. The number of anilines is 1. The van der Waals surface area contributed by atoms with Gasteiger partial charge in [-0.05, 0) is 54.6 Å². The molecule has 0 aliphatic carbocycles. The molecule has 1 aliphatic rings. The Hall–Kier alpha value is -4.53. The van der Waals surface area contributed by atoms with Crippen molar-refractivity contribution in [3.8, 4) is 11.5 Å². The van der Waals surface area contributed by atoms with Crippen LogP contribution in [-0.2, 0) is 0 Å². The summed E-state index contributed by atoms with van der Waals surface area (Å²) in [6, 6.07) is 15.4. The Morgan fingerprint density at radius 3 is 2.00 bits per heavy atom. The maximum absolute atomic E-state index is 12.7. The van der Waals surface area contributed by atoms with Crippen molar-refractivity contribution in [1.82, 2.24) is 0 Å². The number of carboxylic acid groups (broad SMARTS) is 1. The molecular weight excluding hydrogens is 392 g/mol. The molecule has 0 fully saturated rings. The number of benzene rings is 3. The van der Waals surface area contributed by atoms with E-state index in [1.54, 1.807) is 12.1 Å². The summed E-state index contributed by atoms with van der Waals surface area (Å²) in [4.78, 5) is 47.6. The van der Waals surface area contributed by atoms with E-state index in [4.69, 9.17) is 9.84 Å². The molecule has 0 aromatic heterocycles. The number of hydrogen-bond donors (Lipinski definition) is 1. The van der Waals surface area contributed by atoms with Crippen molar-refractivity contribution in [3.05, 3.63) is 93.5 Å². The highest BCUT2D eigenvalue weighted by Gasteiger charge is 2.37. The first kappa shape index (κ1) is 18.8. The van der Waals surface area contributed by atoms with E-state index in [-0.39, 0.29) is 22.4 Å². The highest BCUT2D eigenvalue weighted by atomic mass is 16.6. The Morgan fingerprint density at radius 2 is 1.43 bits per heavy atom. The van der Waals surface area contributed by atoms with Gasteiger partial charge in [0.2, 0.25) is 0 Å². The number of carbonyl (C=O) groups is 3. The van der Waals surface area contributed by atoms with Gasteiger partial charge in [0.15, 0.2) is 0 Å². The predicted molar refractivity (Wildman–Crippen MR) is 104 cm³/mol. The summed E-state index contributed by atoms with van der Waals surface area (Å²) in [5.74, 6) is -1.56. The molecule has 1 N–H and O–H groups in total. The first-order valence-electron chi connectivity index (χ1n) is 8.63. The zero-order valence-corrected chi connectivity index (χ0v) is 15.1. The number of hydrogen-bond acceptors (Lipinski definition) is 6. The molecule has 0 saturated heterocycles. The van der Waals surface area contributed by atoms with E-state index in [1.165, 1.54) is 54.6 Å². The summed E-state index contributed by atoms with van der Waals surface area (Å²) in [6.45, 7) is 0. The molecule has 4 rings (SSSR count). The minimum atomic E-state index is -1.19. The number of nitro benzene ring substituents is 1. The molecule has 1 heterocycles. The van der Waals surface area contributed by atoms with Crippen LogP contribution in [-0.4, -0.2) is 27.8 Å². The number of ether oxygens (including phenoxy) is 1. The Kier molecular flexibility index (Phi) is 4.47. The average molecular weight is 404 g/mol. The standard InChI is InChI=1S/C21H12N2O7/c24-19-17-10-1-12(21(26)27)11-18(17)20(25)22(19)13-2-6-15(7-3-13)30-16-8-4-14(5-9-16)23(28)29/h1-11H,(H,26,27). The molecule has 30 heavy (non-hydrogen) atoms. The Morgan fingerprint density at radius 1 is 0.867 bits per heavy atom. The minimum absolute atomic E-state index is 0.0334. The lowest BCUT2D eigenvalue weighted by atomic mass is 10.1. The van der Waals surface area contributed by atoms with Gasteiger partial charge in [0, 0.05) is 12.1 Å². The summed E-state index contributed by atoms with van der Waals surface area (Å²) in [7, 11) is 0. The Bertz CT molecular complexity index is 1200. The highest BCUT2D eigenvalue weighted by molar-refractivity contribution is 6.34. The van der Waals surface area contributed by atoms with Gasteiger partial charge < -0.3 is 9.84 Å². The fourth-order valence-corrected chi connectivity index (χ4v) is 3.04. The third-order valence-electron chi connectivity index (χ3n) is 4.51. The van der Waals surface area contributed by atoms with Gasteiger partial charge in [0.05, 0.1) is 27.3 Å². The van der Waals surface area contributed by atoms with Crippen molar-refractivity contribution >= 4 is 29.2 Å². The molecule has 9 nitrogen and oxygen atoms in total. The molecule has 0 unspecified atom stereocenters. The van der Waals surface area contributed by atoms with Crippen LogP contribution in [0.25, 0.3) is 0 Å². The Labute approximate surface area is 168 Å². The van der Waals surface area contributed by atoms with Crippen LogP contribution in [0.5, 0.6) is 11.5 Å². The predicted octanol–water partition coefficient (Wildman–Crippen LogP) is 3.89. The SMILES string of the molecule is O=C(O)c1ccc2c(c1)C(=O)N(c1ccc(Oc3ccc([N+](=O)[O-])cc3)cc1)C2=O. The molecule has 0 saturated carbocycles. The van der Waals surface area contributed by atoms with Crippen LogP contribution < -0.4 is 9.64 Å². The second kappa shape index (κ2) is 7.13. The second-order valence-electron chi connectivity index (χ2n) is 6.36. The van der Waals surface area contributed by atoms with Crippen molar-refractivity contribution in [1.29, 1.82) is 0 Å². The van der Waals surface area contributed by atoms with E-state index in [1.807, 2.05) is 0 Å². The fraction of sp³-hybridized carbons (Fsp3) is 0. The smallest absolute Gasteiger partial charge is 0.335 e. The molecule has 148 valence electrons. The monoisotopic (exact) mass is 404 g/mol. The van der Waals surface area contributed by atoms with Gasteiger partial charge in [0.25, 0.3) is 17.5 Å². The van der Waals surface area contributed by atoms with Crippen molar-refractivity contribution < 1.29 is 29.2 Å². The van der Waals surface area contributed by atoms with Crippen molar-refractivity contribution in [2.45, 2.75) is 0 Å². The van der Waals surface area contributed by atoms with E-state index >= 15 is 0 Å². The van der Waals surface area contributed by atoms with Crippen LogP contribution in [0.15, 0.2) is 66.7 Å². The van der Waals surface area contributed by atoms with Gasteiger partial charge in [-0.2, -0.15) is 0 Å². The van der Waals surface area contributed by atoms with Gasteiger partial charge in [-0.15, -0.1) is 0 Å². The number of imide groups is 1. The third-order valence-corrected chi connectivity index (χ3v) is 4.51. The normalized spacial score (nSPS) is 12.6. The first-order valence-corrected chi connectivity index (χ1v) is 8.63. The molecule has 0 atom stereocenters. The maximum atomic E-state index is 12.7. The highest BCUT2D eigenvalue weighted by Crippen LogP contribution is 2.31. The molecule has 0 spiro atoms. The minimum Gasteiger partial charge on any atom is -0.478 e. The van der Waals surface area contributed by atoms with Crippen LogP contribution in [0.4, 0.5) is 11.4 Å². The summed E-state index contributed by atoms with van der Waals surface area (Å²) >= 11 is 0. The fourth-order valence-electron chi connectivity index (χ4n) is 3.04. The number of fused-ring (bicyclic) bond motifs is 1. The molecule has 9 heteroatoms. The lowest BCUT2D eigenvalue weighted by molar-refractivity contribution is -0.384. The van der Waals surface area contributed by atoms with Crippen LogP contribution >= 0.6 is 0 Å². The molecule has 3 aromatic rings. The van der Waals surface area contributed by atoms with Gasteiger partial charge in [-0.3, -0.25) is 19.7 Å². The molecule has 0 bridgehead atoms. The lowest BCUT2D eigenvalue weighted by Crippen LogP contribution is -2.29. The molecule has 2 amide bonds. The number of nitrogens with zero attached hydrogens (tertiary/aromatic N) is 2. The zero-order chi connectivity index (χ0) is 21.4. The number of nitro groups is 1. The van der Waals surface area contributed by atoms with Crippen LogP contribution in [0.1, 0.15) is 31.1 Å². The molecule has 3 aromatic carbocycles. The topological polar surface area (TPSA) is 127 Å². The molecular formula is C21H12N2O7. The van der Waals surface area contributed by atoms with E-state index in [0.29, 0.717) is 17.2 Å². The quantitative estimate of drug-likeness (QED) is 0.388. The van der Waals surface area contributed by atoms with Gasteiger partial charge in [-0.25, -0.2) is 9.69 Å². The van der Waals surface area contributed by atoms with Crippen molar-refractivity contribution in [2.75, 3.05) is 4.90 Å². The van der Waals surface area contributed by atoms with Crippen LogP contribution in [0.2, 0.25) is 0 Å². The van der Waals surface area contributed by atoms with Gasteiger partial charge in [-0.1, -0.05) is 0 Å². The number of carboxylic acids is 1.